The summed E-state index contributed by atoms with van der Waals surface area (Å²) in [4.78, 5) is 131. The number of epoxide rings is 1. The van der Waals surface area contributed by atoms with Crippen molar-refractivity contribution in [1.29, 1.82) is 0 Å². The van der Waals surface area contributed by atoms with Gasteiger partial charge in [0.2, 0.25) is 17.0 Å². The van der Waals surface area contributed by atoms with Gasteiger partial charge in [-0.1, -0.05) is 124 Å². The first-order valence-electron chi connectivity index (χ1n) is 48.3. The van der Waals surface area contributed by atoms with E-state index < -0.39 is 121 Å². The first-order valence-corrected chi connectivity index (χ1v) is 48.3. The molecule has 5 aromatic carbocycles. The molecule has 0 radical (unpaired) electrons. The number of likely N-dealkylation sites (N-methyl/N-ethyl adjacent to an activating group) is 2. The molecule has 2 spiro atoms. The number of nitrogens with zero attached hydrogens (tertiary/aromatic N) is 6. The molecule has 11 aliphatic heterocycles. The third kappa shape index (κ3) is 13.2. The Hall–Kier alpha value is -11.0. The van der Waals surface area contributed by atoms with Crippen LogP contribution < -0.4 is 19.3 Å². The maximum atomic E-state index is 15.4. The van der Waals surface area contributed by atoms with E-state index in [1.165, 1.54) is 42.3 Å². The van der Waals surface area contributed by atoms with Crippen molar-refractivity contribution in [1.82, 2.24) is 29.6 Å². The number of aliphatic hydroxyl groups is 4. The highest BCUT2D eigenvalue weighted by Gasteiger charge is 2.83. The molecule has 4 bridgehead atoms. The molecule has 2 saturated carbocycles. The standard InChI is InChI=1S/C46H56N4O9.C46H58N4O9.C15H14O3/c1-8-42-16-12-18-50-20-17-44(37(42)50)30-21-31(34(55-5)22-33(30)48(4)38(44)46(54,41(53)57-7)39(42)58-26(3)51)45(40(52)56-6)23-27-24-49(25-43(9-2)36(27)59-43)19-15-29-28-13-10-11-14-32(28)47-35(29)45;1-8-42(54)23-28-24-45(40(52)57-6,36-30(15-19-49(25-28)26-42)29-13-10-11-14-33(29)47-36)32-21-31-34(22-35(32)56-5)48(4)38-44(31)17-20-50-18-12-16-43(9-2,37(44)50)39(59-27(3)51)46(38,55)41(53)58-7;1-9(2)7-8-12-13(16)10-5-3-4-6-11(10)14(17)15(12)18/h10-14,16,21-22,27,36-39,47,54H,8-9,15,17-20,23-25H2,1-7H3;10-14,16,21-22,28,37-39,47,54-55H,8-9,15,17-20,23-26H2,1-7H3;3-7,18H,8H2,1-2H3/t27-,36-,37+,38-,39-,42-,43+,44-,45+,46+;28-,37+,38-,39-,42-,43-,44-,45+,46+;/m11./s1. The quantitative estimate of drug-likeness (QED) is 0.0226. The molecule has 6 N–H and O–H groups in total. The molecule has 0 amide bonds. The zero-order valence-electron chi connectivity index (χ0n) is 80.8. The van der Waals surface area contributed by atoms with Crippen LogP contribution in [0.2, 0.25) is 0 Å². The first kappa shape index (κ1) is 94.0. The van der Waals surface area contributed by atoms with Crippen LogP contribution in [0.4, 0.5) is 11.4 Å². The highest BCUT2D eigenvalue weighted by atomic mass is 16.6. The monoisotopic (exact) mass is 1860 g/mol. The molecule has 3 aliphatic carbocycles. The van der Waals surface area contributed by atoms with E-state index in [9.17, 15) is 49.2 Å². The average Bonchev–Trinajstić information content (AvgIpc) is 1.47. The Morgan fingerprint density at radius 2 is 0.978 bits per heavy atom. The topological polar surface area (TPSA) is 355 Å². The molecule has 21 atom stereocenters. The van der Waals surface area contributed by atoms with Crippen molar-refractivity contribution in [2.75, 3.05) is 132 Å². The number of esters is 6. The minimum absolute atomic E-state index is 0.00603. The number of rotatable bonds is 16. The van der Waals surface area contributed by atoms with E-state index >= 15 is 9.59 Å². The number of hydrogen-bond acceptors (Lipinski definition) is 27. The number of Topliss-reactive ketones (excluding diaryl/α,β-unsaturated/α-hetero) is 2. The number of aliphatic hydroxyl groups excluding tert-OH is 1. The van der Waals surface area contributed by atoms with Gasteiger partial charge >= 0.3 is 35.8 Å². The fourth-order valence-corrected chi connectivity index (χ4v) is 29.3. The number of aromatic amines is 2. The number of ketones is 2. The second-order valence-corrected chi connectivity index (χ2v) is 41.0. The number of piperidine rings is 2. The van der Waals surface area contributed by atoms with Crippen molar-refractivity contribution in [2.45, 2.75) is 219 Å². The van der Waals surface area contributed by atoms with Gasteiger partial charge in [0.1, 0.15) is 27.9 Å². The minimum Gasteiger partial charge on any atom is -0.504 e. The second-order valence-electron chi connectivity index (χ2n) is 41.0. The predicted molar refractivity (Wildman–Crippen MR) is 508 cm³/mol. The molecule has 13 heterocycles. The molecule has 722 valence electrons. The van der Waals surface area contributed by atoms with E-state index in [0.29, 0.717) is 138 Å². The van der Waals surface area contributed by atoms with Crippen molar-refractivity contribution in [3.8, 4) is 11.5 Å². The average molecular weight is 1860 g/mol. The Morgan fingerprint density at radius 1 is 0.522 bits per heavy atom. The van der Waals surface area contributed by atoms with Crippen LogP contribution in [0.15, 0.2) is 144 Å². The number of benzene rings is 5. The van der Waals surface area contributed by atoms with E-state index in [1.54, 1.807) is 38.5 Å². The molecule has 29 heteroatoms. The number of nitrogens with one attached hydrogen (secondary N) is 2. The highest BCUT2D eigenvalue weighted by Crippen LogP contribution is 2.72. The number of methoxy groups -OCH3 is 6. The number of ether oxygens (including phenoxy) is 9. The highest BCUT2D eigenvalue weighted by molar-refractivity contribution is 6.26. The number of para-hydroxylation sites is 2. The molecular weight excluding hydrogens is 1730 g/mol. The lowest BCUT2D eigenvalue weighted by molar-refractivity contribution is -0.229. The van der Waals surface area contributed by atoms with Crippen LogP contribution in [0.1, 0.15) is 185 Å². The van der Waals surface area contributed by atoms with Gasteiger partial charge in [0.15, 0.2) is 23.8 Å². The van der Waals surface area contributed by atoms with Gasteiger partial charge in [-0.05, 0) is 156 Å². The maximum Gasteiger partial charge on any atom is 0.344 e. The number of fused-ring (bicyclic) bond motifs is 15. The van der Waals surface area contributed by atoms with Gasteiger partial charge in [0.05, 0.1) is 66.4 Å². The van der Waals surface area contributed by atoms with Crippen molar-refractivity contribution in [2.24, 2.45) is 22.7 Å². The summed E-state index contributed by atoms with van der Waals surface area (Å²) >= 11 is 0. The van der Waals surface area contributed by atoms with Crippen LogP contribution in [0.3, 0.4) is 0 Å². The molecule has 0 unspecified atom stereocenters. The van der Waals surface area contributed by atoms with E-state index in [4.69, 9.17) is 42.6 Å². The summed E-state index contributed by atoms with van der Waals surface area (Å²) in [6.07, 6.45) is 14.0. The zero-order valence-corrected chi connectivity index (χ0v) is 80.8. The van der Waals surface area contributed by atoms with Gasteiger partial charge in [-0.15, -0.1) is 0 Å². The molecular formula is C107H128N8O21. The van der Waals surface area contributed by atoms with Gasteiger partial charge in [-0.3, -0.25) is 48.4 Å². The van der Waals surface area contributed by atoms with Crippen LogP contribution in [0.5, 0.6) is 11.5 Å². The lowest BCUT2D eigenvalue weighted by atomic mass is 9.47. The molecule has 2 aromatic heterocycles. The zero-order chi connectivity index (χ0) is 96.6. The van der Waals surface area contributed by atoms with Gasteiger partial charge < -0.3 is 82.8 Å². The summed E-state index contributed by atoms with van der Waals surface area (Å²) in [5, 5.41) is 50.6. The Kier molecular flexibility index (Phi) is 23.5. The first-order chi connectivity index (χ1) is 65.1. The third-order valence-electron chi connectivity index (χ3n) is 34.5. The molecule has 136 heavy (non-hydrogen) atoms. The molecule has 21 rings (SSSR count). The van der Waals surface area contributed by atoms with Crippen molar-refractivity contribution >= 4 is 80.6 Å². The summed E-state index contributed by atoms with van der Waals surface area (Å²) in [5.74, 6) is -4.08. The molecule has 14 aliphatic rings. The van der Waals surface area contributed by atoms with E-state index in [1.807, 2.05) is 107 Å². The van der Waals surface area contributed by atoms with Crippen LogP contribution >= 0.6 is 0 Å². The minimum atomic E-state index is -2.30. The smallest absolute Gasteiger partial charge is 0.344 e. The fraction of sp³-hybridized carbons (Fsp3) is 0.533. The molecule has 29 nitrogen and oxygen atoms in total. The van der Waals surface area contributed by atoms with E-state index in [-0.39, 0.29) is 59.0 Å². The van der Waals surface area contributed by atoms with Crippen molar-refractivity contribution < 1.29 is 101 Å². The predicted octanol–water partition coefficient (Wildman–Crippen LogP) is 11.2. The van der Waals surface area contributed by atoms with Crippen LogP contribution in [0, 0.1) is 22.7 Å². The number of aromatic nitrogens is 2. The Labute approximate surface area is 792 Å². The number of allylic oxidation sites excluding steroid dienone is 4. The van der Waals surface area contributed by atoms with E-state index in [2.05, 4.69) is 91.1 Å². The van der Waals surface area contributed by atoms with Crippen LogP contribution in [-0.4, -0.2) is 284 Å². The number of carbonyl (C=O) groups is 8. The largest absolute Gasteiger partial charge is 0.504 e. The lowest BCUT2D eigenvalue weighted by Crippen LogP contribution is -2.81. The second kappa shape index (κ2) is 34.0. The third-order valence-corrected chi connectivity index (χ3v) is 34.5. The van der Waals surface area contributed by atoms with E-state index in [0.717, 1.165) is 98.5 Å². The molecule has 7 aromatic rings. The summed E-state index contributed by atoms with van der Waals surface area (Å²) in [7, 11) is 12.4. The Balaban J connectivity index is 0.000000147. The van der Waals surface area contributed by atoms with Crippen LogP contribution in [-0.2, 0) is 96.4 Å². The number of hydrogen-bond donors (Lipinski definition) is 6. The summed E-state index contributed by atoms with van der Waals surface area (Å²) in [5.41, 5.74) is -0.384. The maximum absolute atomic E-state index is 15.4. The number of carbonyl (C=O) groups excluding carboxylic acids is 8. The summed E-state index contributed by atoms with van der Waals surface area (Å²) < 4.78 is 54.6. The van der Waals surface area contributed by atoms with Gasteiger partial charge in [0.25, 0.3) is 0 Å². The van der Waals surface area contributed by atoms with Crippen molar-refractivity contribution in [3.05, 3.63) is 200 Å². The molecule has 7 fully saturated rings. The Bertz CT molecular complexity index is 6220. The van der Waals surface area contributed by atoms with Gasteiger partial charge in [0, 0.05) is 204 Å². The van der Waals surface area contributed by atoms with Crippen molar-refractivity contribution in [3.63, 3.8) is 0 Å². The van der Waals surface area contributed by atoms with Gasteiger partial charge in [-0.2, -0.15) is 0 Å². The summed E-state index contributed by atoms with van der Waals surface area (Å²) in [6, 6.07) is 28.7. The Morgan fingerprint density at radius 3 is 1.42 bits per heavy atom. The fourth-order valence-electron chi connectivity index (χ4n) is 29.3. The SMILES string of the molecule is CC(C)=CCC1=C(O)C(=O)c2ccccc2C1=O.CC[C@@]1(O)C[C@H]2C[N@](CCc3c([nH]c4ccccc34)[C@@](C(=O)OC)(c3cc4c(cc3OC)N(C)[C@H]3[C@@](O)(C(=O)OC)[C@H](OC(C)=O)[C@]5(CC)C=CCN6CC[C@]43[C@@H]65)C2)C1.CC[C@]12C[N@@]3CCc4c([nH]c5ccccc45)[C@@](C(=O)OC)(c4cc5c(cc4OC)N(C)[C@H]4[C@@](O)(C(=O)OC)[C@H](OC(C)=O)[C@]6(CC)C=CCN7CC[C@]54[C@@H]76)C[C@H](C3)[C@H]1O2. The number of H-pyrrole nitrogens is 2. The van der Waals surface area contributed by atoms with Crippen LogP contribution in [0.25, 0.3) is 21.8 Å². The normalized spacial score (nSPS) is 34.8. The lowest BCUT2D eigenvalue weighted by Gasteiger charge is -2.63. The number of anilines is 2. The molecule has 5 saturated heterocycles. The van der Waals surface area contributed by atoms with Gasteiger partial charge in [-0.25, -0.2) is 9.59 Å². The summed E-state index contributed by atoms with van der Waals surface area (Å²) in [6.45, 7) is 21.8.